The summed E-state index contributed by atoms with van der Waals surface area (Å²) in [7, 11) is 0. The normalized spacial score (nSPS) is 11.7. The first-order valence-corrected chi connectivity index (χ1v) is 7.80. The fraction of sp³-hybridized carbons (Fsp3) is 0.294. The molecular weight excluding hydrogens is 349 g/mol. The maximum Gasteiger partial charge on any atom is 0.453 e. The first-order chi connectivity index (χ1) is 12.2. The van der Waals surface area contributed by atoms with Crippen LogP contribution in [0.2, 0.25) is 0 Å². The van der Waals surface area contributed by atoms with Gasteiger partial charge >= 0.3 is 6.18 Å². The van der Waals surface area contributed by atoms with E-state index in [1.807, 2.05) is 0 Å². The zero-order chi connectivity index (χ0) is 18.9. The number of fused-ring (bicyclic) bond motifs is 1. The summed E-state index contributed by atoms with van der Waals surface area (Å²) in [6.45, 7) is 3.15. The molecule has 2 aromatic heterocycles. The van der Waals surface area contributed by atoms with Crippen LogP contribution in [0.3, 0.4) is 0 Å². The molecule has 26 heavy (non-hydrogen) atoms. The van der Waals surface area contributed by atoms with Gasteiger partial charge in [-0.3, -0.25) is 0 Å². The van der Waals surface area contributed by atoms with E-state index in [0.717, 1.165) is 10.1 Å². The van der Waals surface area contributed by atoms with E-state index in [-0.39, 0.29) is 17.4 Å². The second kappa shape index (κ2) is 6.74. The molecule has 6 nitrogen and oxygen atoms in total. The van der Waals surface area contributed by atoms with Crippen molar-refractivity contribution in [3.8, 4) is 11.6 Å². The summed E-state index contributed by atoms with van der Waals surface area (Å²) < 4.78 is 45.1. The molecule has 0 aliphatic carbocycles. The lowest BCUT2D eigenvalue weighted by molar-refractivity contribution is -0.144. The molecule has 0 fully saturated rings. The number of carbonyl (C=O) groups is 1. The molecule has 0 spiro atoms. The number of aromatic nitrogens is 4. The van der Waals surface area contributed by atoms with Crippen molar-refractivity contribution >= 4 is 11.6 Å². The largest absolute Gasteiger partial charge is 0.453 e. The topological polar surface area (TPSA) is 69.4 Å². The summed E-state index contributed by atoms with van der Waals surface area (Å²) in [5.74, 6) is -0.864. The summed E-state index contributed by atoms with van der Waals surface area (Å²) in [6, 6.07) is 8.43. The highest BCUT2D eigenvalue weighted by molar-refractivity contribution is 5.75. The fourth-order valence-corrected chi connectivity index (χ4v) is 2.31. The highest BCUT2D eigenvalue weighted by atomic mass is 19.4. The Hall–Kier alpha value is -2.97. The number of rotatable bonds is 5. The van der Waals surface area contributed by atoms with Gasteiger partial charge in [-0.2, -0.15) is 22.7 Å². The number of ketones is 1. The van der Waals surface area contributed by atoms with E-state index in [1.54, 1.807) is 31.2 Å². The van der Waals surface area contributed by atoms with Crippen LogP contribution in [0.25, 0.3) is 5.78 Å². The van der Waals surface area contributed by atoms with E-state index >= 15 is 0 Å². The van der Waals surface area contributed by atoms with Crippen molar-refractivity contribution in [1.29, 1.82) is 0 Å². The monoisotopic (exact) mass is 364 g/mol. The minimum Gasteiger partial charge on any atom is -0.439 e. The minimum atomic E-state index is -4.67. The standard InChI is InChI=1S/C17H15F3N4O2/c1-10-9-14(24-16(21-10)22-15(23-24)17(18,19)20)26-13-7-5-12(6-8-13)4-3-11(2)25/h5-9H,3-4H2,1-2H3. The Morgan fingerprint density at radius 1 is 1.19 bits per heavy atom. The van der Waals surface area contributed by atoms with E-state index in [9.17, 15) is 18.0 Å². The molecule has 0 N–H and O–H groups in total. The van der Waals surface area contributed by atoms with Crippen molar-refractivity contribution in [1.82, 2.24) is 19.6 Å². The van der Waals surface area contributed by atoms with E-state index < -0.39 is 12.0 Å². The van der Waals surface area contributed by atoms with E-state index in [1.165, 1.54) is 13.0 Å². The fourth-order valence-electron chi connectivity index (χ4n) is 2.31. The Morgan fingerprint density at radius 2 is 1.88 bits per heavy atom. The number of ether oxygens (including phenoxy) is 1. The number of hydrogen-bond donors (Lipinski definition) is 0. The lowest BCUT2D eigenvalue weighted by Crippen LogP contribution is -2.07. The second-order valence-electron chi connectivity index (χ2n) is 5.83. The molecule has 0 bridgehead atoms. The molecule has 0 radical (unpaired) electrons. The van der Waals surface area contributed by atoms with Gasteiger partial charge in [0.15, 0.2) is 0 Å². The Morgan fingerprint density at radius 3 is 2.50 bits per heavy atom. The van der Waals surface area contributed by atoms with Crippen LogP contribution in [0, 0.1) is 6.92 Å². The third-order valence-corrected chi connectivity index (χ3v) is 3.57. The molecule has 0 aliphatic rings. The average molecular weight is 364 g/mol. The van der Waals surface area contributed by atoms with Gasteiger partial charge in [-0.05, 0) is 38.0 Å². The van der Waals surface area contributed by atoms with Gasteiger partial charge in [-0.25, -0.2) is 4.98 Å². The van der Waals surface area contributed by atoms with E-state index in [2.05, 4.69) is 15.1 Å². The van der Waals surface area contributed by atoms with E-state index in [4.69, 9.17) is 4.74 Å². The summed E-state index contributed by atoms with van der Waals surface area (Å²) in [6.07, 6.45) is -3.60. The molecular formula is C17H15F3N4O2. The van der Waals surface area contributed by atoms with Crippen molar-refractivity contribution < 1.29 is 22.7 Å². The number of hydrogen-bond acceptors (Lipinski definition) is 5. The van der Waals surface area contributed by atoms with Crippen LogP contribution in [0.4, 0.5) is 13.2 Å². The van der Waals surface area contributed by atoms with Crippen molar-refractivity contribution in [3.63, 3.8) is 0 Å². The Bertz CT molecular complexity index is 949. The first kappa shape index (κ1) is 17.8. The van der Waals surface area contributed by atoms with Crippen LogP contribution >= 0.6 is 0 Å². The third kappa shape index (κ3) is 3.98. The van der Waals surface area contributed by atoms with Gasteiger partial charge in [-0.15, -0.1) is 5.10 Å². The van der Waals surface area contributed by atoms with E-state index in [0.29, 0.717) is 24.3 Å². The predicted octanol–water partition coefficient (Wildman–Crippen LogP) is 3.77. The molecule has 0 unspecified atom stereocenters. The molecule has 136 valence electrons. The molecule has 0 aliphatic heterocycles. The Kier molecular flexibility index (Phi) is 4.62. The van der Waals surface area contributed by atoms with Gasteiger partial charge in [0.25, 0.3) is 11.6 Å². The molecule has 3 aromatic rings. The second-order valence-corrected chi connectivity index (χ2v) is 5.83. The van der Waals surface area contributed by atoms with Gasteiger partial charge < -0.3 is 9.53 Å². The highest BCUT2D eigenvalue weighted by Gasteiger charge is 2.37. The summed E-state index contributed by atoms with van der Waals surface area (Å²) in [5.41, 5.74) is 1.41. The van der Waals surface area contributed by atoms with Crippen LogP contribution in [0.1, 0.15) is 30.4 Å². The SMILES string of the molecule is CC(=O)CCc1ccc(Oc2cc(C)nc3nc(C(F)(F)F)nn23)cc1. The molecule has 0 saturated carbocycles. The zero-order valence-electron chi connectivity index (χ0n) is 14.0. The van der Waals surface area contributed by atoms with Crippen molar-refractivity contribution in [2.75, 3.05) is 0 Å². The zero-order valence-corrected chi connectivity index (χ0v) is 14.0. The number of nitrogens with zero attached hydrogens (tertiary/aromatic N) is 4. The van der Waals surface area contributed by atoms with Gasteiger partial charge in [-0.1, -0.05) is 12.1 Å². The van der Waals surface area contributed by atoms with Crippen LogP contribution in [0.5, 0.6) is 11.6 Å². The molecule has 0 atom stereocenters. The highest BCUT2D eigenvalue weighted by Crippen LogP contribution is 2.28. The summed E-state index contributed by atoms with van der Waals surface area (Å²) in [5, 5.41) is 3.44. The molecule has 0 saturated heterocycles. The van der Waals surface area contributed by atoms with Crippen LogP contribution in [-0.4, -0.2) is 25.4 Å². The van der Waals surface area contributed by atoms with Crippen molar-refractivity contribution in [2.24, 2.45) is 0 Å². The van der Waals surface area contributed by atoms with Crippen LogP contribution < -0.4 is 4.74 Å². The predicted molar refractivity (Wildman–Crippen MR) is 86.0 cm³/mol. The maximum atomic E-state index is 12.8. The third-order valence-electron chi connectivity index (χ3n) is 3.57. The molecule has 9 heteroatoms. The van der Waals surface area contributed by atoms with Crippen molar-refractivity contribution in [2.45, 2.75) is 32.9 Å². The van der Waals surface area contributed by atoms with Crippen LogP contribution in [0.15, 0.2) is 30.3 Å². The number of benzene rings is 1. The van der Waals surface area contributed by atoms with Gasteiger partial charge in [0, 0.05) is 18.2 Å². The number of halogens is 3. The van der Waals surface area contributed by atoms with Gasteiger partial charge in [0.05, 0.1) is 0 Å². The minimum absolute atomic E-state index is 0.0759. The summed E-state index contributed by atoms with van der Waals surface area (Å²) in [4.78, 5) is 18.4. The number of carbonyl (C=O) groups excluding carboxylic acids is 1. The number of Topliss-reactive ketones (excluding diaryl/α,β-unsaturated/α-hetero) is 1. The molecule has 2 heterocycles. The Labute approximate surface area is 146 Å². The molecule has 1 aromatic carbocycles. The first-order valence-electron chi connectivity index (χ1n) is 7.80. The van der Waals surface area contributed by atoms with Gasteiger partial charge in [0.2, 0.25) is 5.88 Å². The lowest BCUT2D eigenvalue weighted by Gasteiger charge is -2.08. The number of alkyl halides is 3. The molecule has 0 amide bonds. The molecule has 3 rings (SSSR count). The maximum absolute atomic E-state index is 12.8. The Balaban J connectivity index is 1.88. The van der Waals surface area contributed by atoms with Crippen molar-refractivity contribution in [3.05, 3.63) is 47.4 Å². The average Bonchev–Trinajstić information content (AvgIpc) is 2.98. The smallest absolute Gasteiger partial charge is 0.439 e. The quantitative estimate of drug-likeness (QED) is 0.689. The van der Waals surface area contributed by atoms with Gasteiger partial charge in [0.1, 0.15) is 11.5 Å². The van der Waals surface area contributed by atoms with Crippen LogP contribution in [-0.2, 0) is 17.4 Å². The number of aryl methyl sites for hydroxylation is 2. The lowest BCUT2D eigenvalue weighted by atomic mass is 10.1. The summed E-state index contributed by atoms with van der Waals surface area (Å²) >= 11 is 0.